The average Bonchev–Trinajstić information content (AvgIpc) is 3.31. The lowest BCUT2D eigenvalue weighted by Gasteiger charge is -2.19. The highest BCUT2D eigenvalue weighted by Crippen LogP contribution is 2.41. The molecule has 0 heterocycles. The summed E-state index contributed by atoms with van der Waals surface area (Å²) in [6.07, 6.45) is 1.46. The fourth-order valence-electron chi connectivity index (χ4n) is 2.63. The Morgan fingerprint density at radius 3 is 2.69 bits per heavy atom. The van der Waals surface area contributed by atoms with Gasteiger partial charge in [-0.1, -0.05) is 23.7 Å². The van der Waals surface area contributed by atoms with Crippen molar-refractivity contribution in [3.8, 4) is 0 Å². The van der Waals surface area contributed by atoms with Gasteiger partial charge >= 0.3 is 6.09 Å². The van der Waals surface area contributed by atoms with Gasteiger partial charge in [0.2, 0.25) is 0 Å². The normalized spacial score (nSPS) is 19.7. The van der Waals surface area contributed by atoms with Gasteiger partial charge < -0.3 is 20.7 Å². The van der Waals surface area contributed by atoms with Gasteiger partial charge in [-0.25, -0.2) is 4.79 Å². The van der Waals surface area contributed by atoms with Gasteiger partial charge in [0.15, 0.2) is 5.96 Å². The minimum Gasteiger partial charge on any atom is -0.444 e. The smallest absolute Gasteiger partial charge is 0.407 e. The van der Waals surface area contributed by atoms with E-state index >= 15 is 0 Å². The second kappa shape index (κ2) is 9.12. The van der Waals surface area contributed by atoms with Crippen LogP contribution in [0.15, 0.2) is 29.3 Å². The number of ether oxygens (including phenoxy) is 1. The van der Waals surface area contributed by atoms with E-state index in [0.717, 1.165) is 23.8 Å². The molecule has 0 bridgehead atoms. The van der Waals surface area contributed by atoms with Crippen molar-refractivity contribution >= 4 is 23.7 Å². The lowest BCUT2D eigenvalue weighted by Crippen LogP contribution is -2.40. The Hall–Kier alpha value is -1.95. The summed E-state index contributed by atoms with van der Waals surface area (Å²) in [5, 5.41) is 10.2. The molecule has 6 nitrogen and oxygen atoms in total. The summed E-state index contributed by atoms with van der Waals surface area (Å²) < 4.78 is 5.19. The molecule has 1 aliphatic rings. The van der Waals surface area contributed by atoms with E-state index in [0.29, 0.717) is 25.0 Å². The summed E-state index contributed by atoms with van der Waals surface area (Å²) in [6, 6.07) is 8.38. The molecule has 0 saturated heterocycles. The molecule has 7 heteroatoms. The third kappa shape index (κ3) is 7.12. The van der Waals surface area contributed by atoms with Gasteiger partial charge in [0.25, 0.3) is 0 Å². The van der Waals surface area contributed by atoms with Crippen molar-refractivity contribution in [3.63, 3.8) is 0 Å². The molecule has 2 rings (SSSR count). The van der Waals surface area contributed by atoms with E-state index in [1.54, 1.807) is 7.05 Å². The highest BCUT2D eigenvalue weighted by Gasteiger charge is 2.39. The fraction of sp³-hybridized carbons (Fsp3) is 0.579. The van der Waals surface area contributed by atoms with Crippen LogP contribution in [0.2, 0.25) is 5.02 Å². The number of benzene rings is 1. The third-order valence-electron chi connectivity index (χ3n) is 3.93. The third-order valence-corrected chi connectivity index (χ3v) is 4.16. The SMILES string of the molecule is CN=C(NCCCNC(=O)OC(C)(C)C)NC1CC1c1cccc(Cl)c1. The molecule has 2 unspecified atom stereocenters. The number of aliphatic imine (C=N–C) groups is 1. The Morgan fingerprint density at radius 1 is 1.31 bits per heavy atom. The predicted molar refractivity (Wildman–Crippen MR) is 106 cm³/mol. The van der Waals surface area contributed by atoms with Crippen LogP contribution in [-0.2, 0) is 4.74 Å². The Kier molecular flexibility index (Phi) is 7.14. The first kappa shape index (κ1) is 20.4. The zero-order valence-corrected chi connectivity index (χ0v) is 16.7. The Labute approximate surface area is 160 Å². The van der Waals surface area contributed by atoms with Gasteiger partial charge in [0.1, 0.15) is 5.60 Å². The standard InChI is InChI=1S/C19H29ClN4O2/c1-19(2,3)26-18(25)23-10-6-9-22-17(21-4)24-16-12-15(16)13-7-5-8-14(20)11-13/h5,7-8,11,15-16H,6,9-10,12H2,1-4H3,(H,23,25)(H2,21,22,24). The molecule has 0 aromatic heterocycles. The van der Waals surface area contributed by atoms with Gasteiger partial charge in [0, 0.05) is 37.1 Å². The van der Waals surface area contributed by atoms with Crippen LogP contribution in [0, 0.1) is 0 Å². The maximum atomic E-state index is 11.6. The molecular weight excluding hydrogens is 352 g/mol. The molecule has 1 aromatic carbocycles. The quantitative estimate of drug-likeness (QED) is 0.402. The largest absolute Gasteiger partial charge is 0.444 e. The van der Waals surface area contributed by atoms with Crippen molar-refractivity contribution in [3.05, 3.63) is 34.9 Å². The molecule has 26 heavy (non-hydrogen) atoms. The number of halogens is 1. The van der Waals surface area contributed by atoms with E-state index in [-0.39, 0.29) is 6.09 Å². The first-order chi connectivity index (χ1) is 12.3. The van der Waals surface area contributed by atoms with Gasteiger partial charge in [-0.2, -0.15) is 0 Å². The van der Waals surface area contributed by atoms with Crippen LogP contribution in [-0.4, -0.2) is 43.8 Å². The lowest BCUT2D eigenvalue weighted by atomic mass is 10.1. The number of rotatable bonds is 6. The zero-order valence-electron chi connectivity index (χ0n) is 15.9. The summed E-state index contributed by atoms with van der Waals surface area (Å²) in [6.45, 7) is 6.80. The average molecular weight is 381 g/mol. The van der Waals surface area contributed by atoms with Crippen LogP contribution in [0.25, 0.3) is 0 Å². The number of hydrogen-bond acceptors (Lipinski definition) is 3. The molecule has 0 radical (unpaired) electrons. The van der Waals surface area contributed by atoms with E-state index in [1.165, 1.54) is 5.56 Å². The van der Waals surface area contributed by atoms with Crippen molar-refractivity contribution < 1.29 is 9.53 Å². The number of carbonyl (C=O) groups excluding carboxylic acids is 1. The molecule has 1 fully saturated rings. The van der Waals surface area contributed by atoms with Gasteiger partial charge in [-0.15, -0.1) is 0 Å². The van der Waals surface area contributed by atoms with E-state index < -0.39 is 5.60 Å². The highest BCUT2D eigenvalue weighted by molar-refractivity contribution is 6.30. The molecule has 3 N–H and O–H groups in total. The fourth-order valence-corrected chi connectivity index (χ4v) is 2.83. The van der Waals surface area contributed by atoms with E-state index in [9.17, 15) is 4.79 Å². The number of alkyl carbamates (subject to hydrolysis) is 1. The minimum absolute atomic E-state index is 0.375. The second-order valence-corrected chi connectivity index (χ2v) is 7.87. The van der Waals surface area contributed by atoms with Gasteiger partial charge in [-0.3, -0.25) is 4.99 Å². The zero-order chi connectivity index (χ0) is 19.2. The number of guanidine groups is 1. The number of nitrogens with zero attached hydrogens (tertiary/aromatic N) is 1. The Balaban J connectivity index is 1.63. The number of amides is 1. The van der Waals surface area contributed by atoms with Crippen LogP contribution in [0.5, 0.6) is 0 Å². The predicted octanol–water partition coefficient (Wildman–Crippen LogP) is 3.28. The molecule has 1 amide bonds. The van der Waals surface area contributed by atoms with Crippen LogP contribution in [0.4, 0.5) is 4.79 Å². The van der Waals surface area contributed by atoms with Crippen molar-refractivity contribution in [1.29, 1.82) is 0 Å². The number of nitrogens with one attached hydrogen (secondary N) is 3. The first-order valence-corrected chi connectivity index (χ1v) is 9.36. The summed E-state index contributed by atoms with van der Waals surface area (Å²) in [4.78, 5) is 15.8. The first-order valence-electron chi connectivity index (χ1n) is 8.98. The molecule has 0 aliphatic heterocycles. The summed E-state index contributed by atoms with van der Waals surface area (Å²) in [7, 11) is 1.76. The maximum Gasteiger partial charge on any atom is 0.407 e. The van der Waals surface area contributed by atoms with Gasteiger partial charge in [-0.05, 0) is 51.3 Å². The van der Waals surface area contributed by atoms with Crippen LogP contribution in [0.3, 0.4) is 0 Å². The minimum atomic E-state index is -0.474. The monoisotopic (exact) mass is 380 g/mol. The maximum absolute atomic E-state index is 11.6. The number of hydrogen-bond donors (Lipinski definition) is 3. The van der Waals surface area contributed by atoms with Crippen molar-refractivity contribution in [2.75, 3.05) is 20.1 Å². The Morgan fingerprint density at radius 2 is 2.04 bits per heavy atom. The molecule has 1 saturated carbocycles. The Bertz CT molecular complexity index is 643. The topological polar surface area (TPSA) is 74.8 Å². The van der Waals surface area contributed by atoms with Crippen molar-refractivity contribution in [1.82, 2.24) is 16.0 Å². The van der Waals surface area contributed by atoms with E-state index in [4.69, 9.17) is 16.3 Å². The second-order valence-electron chi connectivity index (χ2n) is 7.43. The summed E-state index contributed by atoms with van der Waals surface area (Å²) >= 11 is 6.06. The molecular formula is C19H29ClN4O2. The van der Waals surface area contributed by atoms with Crippen molar-refractivity contribution in [2.45, 2.75) is 51.2 Å². The van der Waals surface area contributed by atoms with Crippen molar-refractivity contribution in [2.24, 2.45) is 4.99 Å². The molecule has 0 spiro atoms. The van der Waals surface area contributed by atoms with Crippen LogP contribution >= 0.6 is 11.6 Å². The van der Waals surface area contributed by atoms with Crippen LogP contribution in [0.1, 0.15) is 45.1 Å². The molecule has 2 atom stereocenters. The van der Waals surface area contributed by atoms with E-state index in [1.807, 2.05) is 39.0 Å². The lowest BCUT2D eigenvalue weighted by molar-refractivity contribution is 0.0527. The van der Waals surface area contributed by atoms with Gasteiger partial charge in [0.05, 0.1) is 0 Å². The summed E-state index contributed by atoms with van der Waals surface area (Å²) in [5.41, 5.74) is 0.782. The molecule has 1 aromatic rings. The number of carbonyl (C=O) groups is 1. The highest BCUT2D eigenvalue weighted by atomic mass is 35.5. The summed E-state index contributed by atoms with van der Waals surface area (Å²) in [5.74, 6) is 1.25. The molecule has 1 aliphatic carbocycles. The van der Waals surface area contributed by atoms with E-state index in [2.05, 4.69) is 27.0 Å². The molecule has 144 valence electrons. The van der Waals surface area contributed by atoms with Crippen LogP contribution < -0.4 is 16.0 Å².